The van der Waals surface area contributed by atoms with Gasteiger partial charge in [-0.05, 0) is 31.6 Å². The summed E-state index contributed by atoms with van der Waals surface area (Å²) < 4.78 is 0. The van der Waals surface area contributed by atoms with Crippen molar-refractivity contribution in [2.24, 2.45) is 16.6 Å². The average Bonchev–Trinajstić information content (AvgIpc) is 2.63. The lowest BCUT2D eigenvalue weighted by Crippen LogP contribution is -2.54. The van der Waals surface area contributed by atoms with E-state index in [4.69, 9.17) is 5.73 Å². The summed E-state index contributed by atoms with van der Waals surface area (Å²) in [5, 5.41) is 3.31. The molecule has 0 unspecified atom stereocenters. The van der Waals surface area contributed by atoms with Gasteiger partial charge in [-0.15, -0.1) is 0 Å². The summed E-state index contributed by atoms with van der Waals surface area (Å²) in [6.07, 6.45) is 4.69. The Balaban J connectivity index is 2.03. The first-order valence-electron chi connectivity index (χ1n) is 5.28. The van der Waals surface area contributed by atoms with Crippen LogP contribution in [0.15, 0.2) is 4.99 Å². The first-order valence-corrected chi connectivity index (χ1v) is 5.28. The monoisotopic (exact) mass is 181 g/mol. The van der Waals surface area contributed by atoms with E-state index in [-0.39, 0.29) is 5.54 Å². The summed E-state index contributed by atoms with van der Waals surface area (Å²) in [7, 11) is 0. The zero-order chi connectivity index (χ0) is 9.31. The topological polar surface area (TPSA) is 50.4 Å². The first kappa shape index (κ1) is 9.00. The molecule has 2 aliphatic rings. The molecule has 0 atom stereocenters. The minimum atomic E-state index is -0.122. The van der Waals surface area contributed by atoms with Crippen LogP contribution in [-0.4, -0.2) is 24.5 Å². The maximum Gasteiger partial charge on any atom is 0.117 e. The Morgan fingerprint density at radius 1 is 1.46 bits per heavy atom. The van der Waals surface area contributed by atoms with Gasteiger partial charge in [-0.25, -0.2) is 0 Å². The van der Waals surface area contributed by atoms with Gasteiger partial charge < -0.3 is 11.1 Å². The summed E-state index contributed by atoms with van der Waals surface area (Å²) in [5.74, 6) is 1.91. The van der Waals surface area contributed by atoms with E-state index < -0.39 is 0 Å². The minimum Gasteiger partial charge on any atom is -0.370 e. The molecule has 1 aliphatic heterocycles. The molecule has 0 spiro atoms. The normalized spacial score (nSPS) is 39.8. The van der Waals surface area contributed by atoms with Gasteiger partial charge in [0.1, 0.15) is 5.84 Å². The van der Waals surface area contributed by atoms with Crippen molar-refractivity contribution in [3.8, 4) is 0 Å². The first-order chi connectivity index (χ1) is 6.21. The van der Waals surface area contributed by atoms with E-state index >= 15 is 0 Å². The van der Waals surface area contributed by atoms with Crippen molar-refractivity contribution in [2.75, 3.05) is 13.1 Å². The Kier molecular flexibility index (Phi) is 2.28. The van der Waals surface area contributed by atoms with Crippen molar-refractivity contribution in [1.29, 1.82) is 0 Å². The van der Waals surface area contributed by atoms with Crippen molar-refractivity contribution in [1.82, 2.24) is 5.32 Å². The predicted octanol–water partition coefficient (Wildman–Crippen LogP) is 0.896. The van der Waals surface area contributed by atoms with Crippen LogP contribution in [0.1, 0.15) is 32.6 Å². The van der Waals surface area contributed by atoms with Gasteiger partial charge in [-0.3, -0.25) is 4.99 Å². The summed E-state index contributed by atoms with van der Waals surface area (Å²) in [6.45, 7) is 4.19. The fourth-order valence-corrected chi connectivity index (χ4v) is 2.25. The molecule has 1 fully saturated rings. The second-order valence-electron chi connectivity index (χ2n) is 4.50. The van der Waals surface area contributed by atoms with E-state index in [0.717, 1.165) is 37.7 Å². The van der Waals surface area contributed by atoms with E-state index in [9.17, 15) is 0 Å². The van der Waals surface area contributed by atoms with E-state index in [2.05, 4.69) is 17.2 Å². The van der Waals surface area contributed by atoms with Crippen LogP contribution < -0.4 is 11.1 Å². The zero-order valence-corrected chi connectivity index (χ0v) is 8.34. The van der Waals surface area contributed by atoms with Gasteiger partial charge in [0.2, 0.25) is 0 Å². The van der Waals surface area contributed by atoms with Gasteiger partial charge in [0.05, 0.1) is 12.1 Å². The molecular weight excluding hydrogens is 162 g/mol. The molecule has 13 heavy (non-hydrogen) atoms. The van der Waals surface area contributed by atoms with Crippen LogP contribution in [0.5, 0.6) is 0 Å². The van der Waals surface area contributed by atoms with Gasteiger partial charge in [0, 0.05) is 6.54 Å². The number of nitrogens with one attached hydrogen (secondary N) is 1. The molecule has 0 aromatic carbocycles. The van der Waals surface area contributed by atoms with E-state index in [1.807, 2.05) is 0 Å². The highest BCUT2D eigenvalue weighted by atomic mass is 15.1. The highest BCUT2D eigenvalue weighted by molar-refractivity contribution is 5.92. The number of rotatable bonds is 1. The maximum absolute atomic E-state index is 6.33. The Bertz CT molecular complexity index is 214. The van der Waals surface area contributed by atoms with Crippen LogP contribution in [0.4, 0.5) is 0 Å². The second-order valence-corrected chi connectivity index (χ2v) is 4.50. The molecule has 3 nitrogen and oxygen atoms in total. The van der Waals surface area contributed by atoms with Crippen LogP contribution in [0, 0.1) is 5.92 Å². The third kappa shape index (κ3) is 1.70. The quantitative estimate of drug-likeness (QED) is 0.631. The molecule has 3 heteroatoms. The fourth-order valence-electron chi connectivity index (χ4n) is 2.25. The molecule has 0 amide bonds. The van der Waals surface area contributed by atoms with Crippen LogP contribution >= 0.6 is 0 Å². The van der Waals surface area contributed by atoms with Gasteiger partial charge >= 0.3 is 0 Å². The molecule has 0 aromatic heterocycles. The van der Waals surface area contributed by atoms with Gasteiger partial charge in [-0.2, -0.15) is 0 Å². The number of nitrogens with two attached hydrogens (primary N) is 1. The van der Waals surface area contributed by atoms with Crippen molar-refractivity contribution in [2.45, 2.75) is 38.1 Å². The van der Waals surface area contributed by atoms with Crippen molar-refractivity contribution >= 4 is 5.84 Å². The molecule has 3 N–H and O–H groups in total. The Hall–Kier alpha value is -0.570. The number of hydrogen-bond donors (Lipinski definition) is 2. The van der Waals surface area contributed by atoms with Crippen LogP contribution in [0.2, 0.25) is 0 Å². The van der Waals surface area contributed by atoms with Gasteiger partial charge in [-0.1, -0.05) is 6.92 Å². The van der Waals surface area contributed by atoms with Gasteiger partial charge in [0.25, 0.3) is 0 Å². The molecule has 1 saturated carbocycles. The molecular formula is C10H19N3. The molecule has 74 valence electrons. The smallest absolute Gasteiger partial charge is 0.117 e. The Morgan fingerprint density at radius 2 is 2.15 bits per heavy atom. The SMILES string of the molecule is CC1CCC(N)(C2=NCCN2)CC1. The molecule has 2 rings (SSSR count). The van der Waals surface area contributed by atoms with Gasteiger partial charge in [0.15, 0.2) is 0 Å². The standard InChI is InChI=1S/C10H19N3/c1-8-2-4-10(11,5-3-8)9-12-6-7-13-9/h8H,2-7,11H2,1H3,(H,12,13). The third-order valence-corrected chi connectivity index (χ3v) is 3.31. The zero-order valence-electron chi connectivity index (χ0n) is 8.34. The highest BCUT2D eigenvalue weighted by Gasteiger charge is 2.35. The largest absolute Gasteiger partial charge is 0.370 e. The summed E-state index contributed by atoms with van der Waals surface area (Å²) >= 11 is 0. The van der Waals surface area contributed by atoms with Crippen molar-refractivity contribution in [3.63, 3.8) is 0 Å². The fraction of sp³-hybridized carbons (Fsp3) is 0.900. The summed E-state index contributed by atoms with van der Waals surface area (Å²) in [4.78, 5) is 4.44. The minimum absolute atomic E-state index is 0.122. The molecule has 0 bridgehead atoms. The lowest BCUT2D eigenvalue weighted by molar-refractivity contribution is 0.303. The Morgan fingerprint density at radius 3 is 2.69 bits per heavy atom. The molecule has 0 radical (unpaired) electrons. The third-order valence-electron chi connectivity index (χ3n) is 3.31. The highest BCUT2D eigenvalue weighted by Crippen LogP contribution is 2.31. The summed E-state index contributed by atoms with van der Waals surface area (Å²) in [6, 6.07) is 0. The Labute approximate surface area is 79.8 Å². The predicted molar refractivity (Wildman–Crippen MR) is 54.9 cm³/mol. The van der Waals surface area contributed by atoms with E-state index in [1.54, 1.807) is 0 Å². The molecule has 1 aliphatic carbocycles. The average molecular weight is 181 g/mol. The maximum atomic E-state index is 6.33. The lowest BCUT2D eigenvalue weighted by atomic mass is 9.77. The molecule has 0 saturated heterocycles. The number of amidine groups is 1. The summed E-state index contributed by atoms with van der Waals surface area (Å²) in [5.41, 5.74) is 6.21. The number of hydrogen-bond acceptors (Lipinski definition) is 3. The molecule has 0 aromatic rings. The molecule has 1 heterocycles. The van der Waals surface area contributed by atoms with E-state index in [1.165, 1.54) is 12.8 Å². The number of nitrogens with zero attached hydrogens (tertiary/aromatic N) is 1. The number of aliphatic imine (C=N–C) groups is 1. The van der Waals surface area contributed by atoms with Crippen molar-refractivity contribution in [3.05, 3.63) is 0 Å². The van der Waals surface area contributed by atoms with Crippen LogP contribution in [0.25, 0.3) is 0 Å². The van der Waals surface area contributed by atoms with Crippen LogP contribution in [-0.2, 0) is 0 Å². The lowest BCUT2D eigenvalue weighted by Gasteiger charge is -2.36. The van der Waals surface area contributed by atoms with E-state index in [0.29, 0.717) is 0 Å². The second kappa shape index (κ2) is 3.29. The van der Waals surface area contributed by atoms with Crippen LogP contribution in [0.3, 0.4) is 0 Å². The van der Waals surface area contributed by atoms with Crippen molar-refractivity contribution < 1.29 is 0 Å².